The highest BCUT2D eigenvalue weighted by Crippen LogP contribution is 2.36. The van der Waals surface area contributed by atoms with Gasteiger partial charge in [0, 0.05) is 23.5 Å². The molecular weight excluding hydrogens is 255 g/mol. The standard InChI is InChI=1S/C9H6Cl2N2OS/c10-7-1-6(9(11)15-7)8(14)5-2-12-4-13-3-5/h1-4,8,14H. The monoisotopic (exact) mass is 260 g/mol. The number of hydrogen-bond acceptors (Lipinski definition) is 4. The van der Waals surface area contributed by atoms with E-state index in [1.165, 1.54) is 17.7 Å². The Morgan fingerprint density at radius 2 is 1.93 bits per heavy atom. The Balaban J connectivity index is 2.36. The van der Waals surface area contributed by atoms with Crippen molar-refractivity contribution in [2.24, 2.45) is 0 Å². The SMILES string of the molecule is OC(c1cncnc1)c1cc(Cl)sc1Cl. The zero-order valence-corrected chi connectivity index (χ0v) is 9.72. The molecule has 0 saturated heterocycles. The normalized spacial score (nSPS) is 12.7. The summed E-state index contributed by atoms with van der Waals surface area (Å²) in [7, 11) is 0. The molecule has 78 valence electrons. The van der Waals surface area contributed by atoms with Crippen LogP contribution in [0.2, 0.25) is 8.67 Å². The topological polar surface area (TPSA) is 46.0 Å². The van der Waals surface area contributed by atoms with Crippen LogP contribution in [0.15, 0.2) is 24.8 Å². The second-order valence-electron chi connectivity index (χ2n) is 2.85. The molecule has 15 heavy (non-hydrogen) atoms. The molecule has 2 aromatic heterocycles. The number of nitrogens with zero attached hydrogens (tertiary/aromatic N) is 2. The van der Waals surface area contributed by atoms with Gasteiger partial charge < -0.3 is 5.11 Å². The zero-order chi connectivity index (χ0) is 10.8. The minimum Gasteiger partial charge on any atom is -0.383 e. The first-order chi connectivity index (χ1) is 7.18. The fraction of sp³-hybridized carbons (Fsp3) is 0.111. The molecule has 0 amide bonds. The molecule has 0 aromatic carbocycles. The van der Waals surface area contributed by atoms with Gasteiger partial charge in [-0.3, -0.25) is 0 Å². The maximum atomic E-state index is 9.97. The van der Waals surface area contributed by atoms with Crippen molar-refractivity contribution in [3.05, 3.63) is 44.6 Å². The van der Waals surface area contributed by atoms with Crippen molar-refractivity contribution in [2.75, 3.05) is 0 Å². The lowest BCUT2D eigenvalue weighted by atomic mass is 10.1. The number of rotatable bonds is 2. The van der Waals surface area contributed by atoms with Crippen molar-refractivity contribution in [3.63, 3.8) is 0 Å². The van der Waals surface area contributed by atoms with E-state index in [9.17, 15) is 5.11 Å². The van der Waals surface area contributed by atoms with Crippen LogP contribution >= 0.6 is 34.5 Å². The fourth-order valence-electron chi connectivity index (χ4n) is 1.17. The van der Waals surface area contributed by atoms with Crippen LogP contribution in [0.1, 0.15) is 17.2 Å². The Hall–Kier alpha value is -0.680. The predicted octanol–water partition coefficient (Wildman–Crippen LogP) is 2.93. The summed E-state index contributed by atoms with van der Waals surface area (Å²) in [5.41, 5.74) is 1.18. The first-order valence-electron chi connectivity index (χ1n) is 4.06. The largest absolute Gasteiger partial charge is 0.383 e. The molecular formula is C9H6Cl2N2OS. The van der Waals surface area contributed by atoms with E-state index in [2.05, 4.69) is 9.97 Å². The van der Waals surface area contributed by atoms with Crippen molar-refractivity contribution in [1.82, 2.24) is 9.97 Å². The summed E-state index contributed by atoms with van der Waals surface area (Å²) in [6.45, 7) is 0. The first-order valence-corrected chi connectivity index (χ1v) is 5.63. The molecule has 0 fully saturated rings. The number of thiophene rings is 1. The molecule has 0 saturated carbocycles. The van der Waals surface area contributed by atoms with E-state index in [0.717, 1.165) is 0 Å². The Morgan fingerprint density at radius 3 is 2.47 bits per heavy atom. The van der Waals surface area contributed by atoms with Gasteiger partial charge in [-0.1, -0.05) is 23.2 Å². The van der Waals surface area contributed by atoms with Gasteiger partial charge in [-0.15, -0.1) is 11.3 Å². The molecule has 6 heteroatoms. The lowest BCUT2D eigenvalue weighted by molar-refractivity contribution is 0.220. The smallest absolute Gasteiger partial charge is 0.115 e. The van der Waals surface area contributed by atoms with Gasteiger partial charge >= 0.3 is 0 Å². The van der Waals surface area contributed by atoms with Crippen LogP contribution in [-0.4, -0.2) is 15.1 Å². The number of aromatic nitrogens is 2. The molecule has 0 aliphatic heterocycles. The molecule has 2 heterocycles. The Labute approximate surface area is 100 Å². The molecule has 3 nitrogen and oxygen atoms in total. The molecule has 0 bridgehead atoms. The van der Waals surface area contributed by atoms with Crippen LogP contribution in [0.3, 0.4) is 0 Å². The average molecular weight is 261 g/mol. The molecule has 0 radical (unpaired) electrons. The van der Waals surface area contributed by atoms with Gasteiger partial charge in [0.05, 0.1) is 4.34 Å². The lowest BCUT2D eigenvalue weighted by Gasteiger charge is -2.08. The minimum atomic E-state index is -0.831. The molecule has 1 atom stereocenters. The van der Waals surface area contributed by atoms with Gasteiger partial charge in [0.15, 0.2) is 0 Å². The predicted molar refractivity (Wildman–Crippen MR) is 60.4 cm³/mol. The Bertz CT molecular complexity index is 460. The van der Waals surface area contributed by atoms with Gasteiger partial charge in [-0.25, -0.2) is 9.97 Å². The minimum absolute atomic E-state index is 0.483. The molecule has 0 aliphatic rings. The molecule has 0 aliphatic carbocycles. The van der Waals surface area contributed by atoms with Crippen LogP contribution in [0, 0.1) is 0 Å². The van der Waals surface area contributed by atoms with E-state index in [4.69, 9.17) is 23.2 Å². The van der Waals surface area contributed by atoms with Gasteiger partial charge in [0.2, 0.25) is 0 Å². The molecule has 1 N–H and O–H groups in total. The molecule has 0 spiro atoms. The summed E-state index contributed by atoms with van der Waals surface area (Å²) >= 11 is 12.9. The number of hydrogen-bond donors (Lipinski definition) is 1. The third-order valence-electron chi connectivity index (χ3n) is 1.87. The summed E-state index contributed by atoms with van der Waals surface area (Å²) in [6, 6.07) is 1.65. The van der Waals surface area contributed by atoms with E-state index in [0.29, 0.717) is 19.8 Å². The van der Waals surface area contributed by atoms with E-state index in [-0.39, 0.29) is 0 Å². The summed E-state index contributed by atoms with van der Waals surface area (Å²) in [6.07, 6.45) is 3.65. The van der Waals surface area contributed by atoms with Crippen LogP contribution in [0.4, 0.5) is 0 Å². The van der Waals surface area contributed by atoms with E-state index in [1.807, 2.05) is 0 Å². The molecule has 1 unspecified atom stereocenters. The van der Waals surface area contributed by atoms with Crippen molar-refractivity contribution in [3.8, 4) is 0 Å². The average Bonchev–Trinajstić information content (AvgIpc) is 2.58. The summed E-state index contributed by atoms with van der Waals surface area (Å²) in [5, 5.41) is 9.97. The number of aliphatic hydroxyl groups is 1. The third-order valence-corrected chi connectivity index (χ3v) is 3.39. The van der Waals surface area contributed by atoms with Crippen molar-refractivity contribution in [1.29, 1.82) is 0 Å². The quantitative estimate of drug-likeness (QED) is 0.904. The lowest BCUT2D eigenvalue weighted by Crippen LogP contribution is -1.99. The second-order valence-corrected chi connectivity index (χ2v) is 5.14. The van der Waals surface area contributed by atoms with Crippen LogP contribution in [0.5, 0.6) is 0 Å². The Morgan fingerprint density at radius 1 is 1.27 bits per heavy atom. The summed E-state index contributed by atoms with van der Waals surface area (Å²) in [5.74, 6) is 0. The van der Waals surface area contributed by atoms with E-state index in [1.54, 1.807) is 18.5 Å². The Kier molecular flexibility index (Phi) is 3.21. The van der Waals surface area contributed by atoms with E-state index >= 15 is 0 Å². The van der Waals surface area contributed by atoms with Crippen LogP contribution < -0.4 is 0 Å². The first kappa shape index (κ1) is 10.8. The number of aliphatic hydroxyl groups excluding tert-OH is 1. The highest BCUT2D eigenvalue weighted by atomic mass is 35.5. The highest BCUT2D eigenvalue weighted by molar-refractivity contribution is 7.20. The maximum Gasteiger partial charge on any atom is 0.115 e. The molecule has 2 aromatic rings. The van der Waals surface area contributed by atoms with Gasteiger partial charge in [0.1, 0.15) is 16.8 Å². The maximum absolute atomic E-state index is 9.97. The van der Waals surface area contributed by atoms with Gasteiger partial charge in [0.25, 0.3) is 0 Å². The van der Waals surface area contributed by atoms with Crippen molar-refractivity contribution in [2.45, 2.75) is 6.10 Å². The summed E-state index contributed by atoms with van der Waals surface area (Å²) < 4.78 is 1.03. The zero-order valence-electron chi connectivity index (χ0n) is 7.39. The molecule has 2 rings (SSSR count). The third kappa shape index (κ3) is 2.29. The van der Waals surface area contributed by atoms with Gasteiger partial charge in [-0.05, 0) is 6.07 Å². The number of halogens is 2. The van der Waals surface area contributed by atoms with Crippen LogP contribution in [0.25, 0.3) is 0 Å². The second kappa shape index (κ2) is 4.45. The van der Waals surface area contributed by atoms with Crippen LogP contribution in [-0.2, 0) is 0 Å². The highest BCUT2D eigenvalue weighted by Gasteiger charge is 2.17. The fourth-order valence-corrected chi connectivity index (χ4v) is 2.69. The van der Waals surface area contributed by atoms with Gasteiger partial charge in [-0.2, -0.15) is 0 Å². The van der Waals surface area contributed by atoms with E-state index < -0.39 is 6.10 Å². The van der Waals surface area contributed by atoms with Crippen molar-refractivity contribution < 1.29 is 5.11 Å². The van der Waals surface area contributed by atoms with Crippen molar-refractivity contribution >= 4 is 34.5 Å². The summed E-state index contributed by atoms with van der Waals surface area (Å²) in [4.78, 5) is 7.65.